The van der Waals surface area contributed by atoms with Crippen LogP contribution in [0.25, 0.3) is 0 Å². The molecule has 1 fully saturated rings. The van der Waals surface area contributed by atoms with Crippen molar-refractivity contribution in [1.29, 1.82) is 0 Å². The molecule has 1 atom stereocenters. The quantitative estimate of drug-likeness (QED) is 0.181. The molecule has 6 nitrogen and oxygen atoms in total. The van der Waals surface area contributed by atoms with Gasteiger partial charge >= 0.3 is 5.97 Å². The van der Waals surface area contributed by atoms with E-state index in [1.807, 2.05) is 11.8 Å². The fourth-order valence-corrected chi connectivity index (χ4v) is 5.47. The van der Waals surface area contributed by atoms with Gasteiger partial charge in [0.2, 0.25) is 0 Å². The minimum atomic E-state index is -1.10. The highest BCUT2D eigenvalue weighted by Gasteiger charge is 2.52. The Labute approximate surface area is 256 Å². The van der Waals surface area contributed by atoms with E-state index in [1.165, 1.54) is 11.6 Å². The molecule has 0 saturated carbocycles. The topological polar surface area (TPSA) is 73.2 Å². The van der Waals surface area contributed by atoms with Crippen molar-refractivity contribution in [3.8, 4) is 0 Å². The van der Waals surface area contributed by atoms with Crippen LogP contribution < -0.4 is 0 Å². The van der Waals surface area contributed by atoms with Crippen LogP contribution in [0.1, 0.15) is 80.6 Å². The molecule has 1 amide bonds. The number of piperidine rings is 1. The molecule has 0 bridgehead atoms. The van der Waals surface area contributed by atoms with Crippen LogP contribution >= 0.6 is 23.2 Å². The molecule has 0 aromatic rings. The van der Waals surface area contributed by atoms with E-state index in [2.05, 4.69) is 59.6 Å². The van der Waals surface area contributed by atoms with E-state index >= 15 is 0 Å². The highest BCUT2D eigenvalue weighted by molar-refractivity contribution is 6.48. The molecule has 8 heteroatoms. The number of hydrogen-bond acceptors (Lipinski definition) is 4. The highest BCUT2D eigenvalue weighted by atomic mass is 35.5. The maximum atomic E-state index is 14.4. The molecule has 2 heterocycles. The largest absolute Gasteiger partial charge is 0.478 e. The Morgan fingerprint density at radius 3 is 2.24 bits per heavy atom. The summed E-state index contributed by atoms with van der Waals surface area (Å²) >= 11 is 12.4. The van der Waals surface area contributed by atoms with E-state index in [0.717, 1.165) is 25.9 Å². The monoisotopic (exact) mass is 603 g/mol. The van der Waals surface area contributed by atoms with E-state index in [-0.39, 0.29) is 22.4 Å². The standard InChI is InChI=1S/C33H47Cl2N3O3/c1-10-26(35)22-25(15-19-34)28-29(39)38(33(36-28)17-20-37(21-18-33)32(8,9)11-2)27(14-16-31(5,6)7)23(3)12-13-24(4)30(40)41/h10,12-13,15,19,22,27H,3-4,11,14,16-18,20-21H2,1-2,5-9H3,(H,40,41)/b13-12-,19-15+,25-22+,26-10+. The summed E-state index contributed by atoms with van der Waals surface area (Å²) in [4.78, 5) is 35.4. The van der Waals surface area contributed by atoms with Gasteiger partial charge in [-0.3, -0.25) is 14.7 Å². The zero-order valence-electron chi connectivity index (χ0n) is 25.8. The minimum Gasteiger partial charge on any atom is -0.478 e. The van der Waals surface area contributed by atoms with Crippen molar-refractivity contribution >= 4 is 40.8 Å². The fourth-order valence-electron chi connectivity index (χ4n) is 5.21. The lowest BCUT2D eigenvalue weighted by Gasteiger charge is -2.50. The maximum Gasteiger partial charge on any atom is 0.335 e. The van der Waals surface area contributed by atoms with Gasteiger partial charge in [0.1, 0.15) is 11.4 Å². The summed E-state index contributed by atoms with van der Waals surface area (Å²) in [5.41, 5.74) is 2.07. The summed E-state index contributed by atoms with van der Waals surface area (Å²) in [5, 5.41) is 9.81. The first kappa shape index (κ1) is 34.8. The number of allylic oxidation sites excluding steroid dienone is 4. The number of hydrogen-bond donors (Lipinski definition) is 1. The van der Waals surface area contributed by atoms with Gasteiger partial charge < -0.3 is 10.0 Å². The lowest BCUT2D eigenvalue weighted by Crippen LogP contribution is -2.60. The van der Waals surface area contributed by atoms with Gasteiger partial charge in [0.25, 0.3) is 5.91 Å². The van der Waals surface area contributed by atoms with E-state index < -0.39 is 17.7 Å². The van der Waals surface area contributed by atoms with Gasteiger partial charge in [-0.05, 0) is 69.2 Å². The average Bonchev–Trinajstić information content (AvgIpc) is 3.17. The Bertz CT molecular complexity index is 1180. The predicted octanol–water partition coefficient (Wildman–Crippen LogP) is 8.02. The molecule has 226 valence electrons. The van der Waals surface area contributed by atoms with Crippen molar-refractivity contribution < 1.29 is 14.7 Å². The van der Waals surface area contributed by atoms with Crippen LogP contribution in [-0.2, 0) is 9.59 Å². The molecule has 0 aromatic heterocycles. The molecule has 0 radical (unpaired) electrons. The summed E-state index contributed by atoms with van der Waals surface area (Å²) in [6.45, 7) is 24.5. The summed E-state index contributed by atoms with van der Waals surface area (Å²) < 4.78 is 0. The van der Waals surface area contributed by atoms with E-state index in [9.17, 15) is 14.7 Å². The SMILES string of the molecule is C=C(/C=C\C(=C)C(CCC(C)(C)C)N1C(=O)C(C(/C=C/Cl)=C/C(Cl)=C\C)=NC12CCN(C(C)(C)CC)CC2)C(=O)O. The van der Waals surface area contributed by atoms with Gasteiger partial charge in [-0.1, -0.05) is 76.2 Å². The number of nitrogens with zero attached hydrogens (tertiary/aromatic N) is 3. The average molecular weight is 605 g/mol. The van der Waals surface area contributed by atoms with Gasteiger partial charge in [-0.15, -0.1) is 0 Å². The molecule has 1 spiro atoms. The zero-order valence-corrected chi connectivity index (χ0v) is 27.3. The smallest absolute Gasteiger partial charge is 0.335 e. The number of carboxylic acid groups (broad SMARTS) is 1. The maximum absolute atomic E-state index is 14.4. The Hall–Kier alpha value is -2.41. The number of aliphatic carboxylic acids is 1. The lowest BCUT2D eigenvalue weighted by atomic mass is 9.84. The van der Waals surface area contributed by atoms with Crippen molar-refractivity contribution in [1.82, 2.24) is 9.80 Å². The van der Waals surface area contributed by atoms with Gasteiger partial charge in [0, 0.05) is 47.6 Å². The summed E-state index contributed by atoms with van der Waals surface area (Å²) in [7, 11) is 0. The Kier molecular flexibility index (Phi) is 12.0. The molecular formula is C33H47Cl2N3O3. The number of aliphatic imine (C=N–C) groups is 1. The van der Waals surface area contributed by atoms with Crippen LogP contribution in [0.15, 0.2) is 75.8 Å². The molecule has 1 saturated heterocycles. The number of likely N-dealkylation sites (tertiary alicyclic amines) is 1. The second kappa shape index (κ2) is 14.2. The number of carbonyl (C=O) groups excluding carboxylic acids is 1. The first-order chi connectivity index (χ1) is 19.0. The molecule has 1 unspecified atom stereocenters. The number of carboxylic acids is 1. The van der Waals surface area contributed by atoms with Crippen LogP contribution in [0.4, 0.5) is 0 Å². The van der Waals surface area contributed by atoms with Crippen LogP contribution in [0.2, 0.25) is 0 Å². The van der Waals surface area contributed by atoms with Gasteiger partial charge in [-0.25, -0.2) is 4.79 Å². The van der Waals surface area contributed by atoms with E-state index in [4.69, 9.17) is 28.2 Å². The Morgan fingerprint density at radius 1 is 1.15 bits per heavy atom. The van der Waals surface area contributed by atoms with E-state index in [0.29, 0.717) is 41.2 Å². The van der Waals surface area contributed by atoms with Crippen molar-refractivity contribution in [2.24, 2.45) is 10.4 Å². The molecular weight excluding hydrogens is 557 g/mol. The third-order valence-corrected chi connectivity index (χ3v) is 8.69. The third kappa shape index (κ3) is 8.79. The van der Waals surface area contributed by atoms with Crippen molar-refractivity contribution in [2.45, 2.75) is 97.8 Å². The first-order valence-electron chi connectivity index (χ1n) is 14.3. The molecule has 0 aromatic carbocycles. The van der Waals surface area contributed by atoms with Crippen LogP contribution in [-0.4, -0.2) is 62.8 Å². The highest BCUT2D eigenvalue weighted by Crippen LogP contribution is 2.42. The number of halogens is 2. The summed E-state index contributed by atoms with van der Waals surface area (Å²) in [6, 6.07) is -0.398. The van der Waals surface area contributed by atoms with Crippen molar-refractivity contribution in [3.63, 3.8) is 0 Å². The second-order valence-electron chi connectivity index (χ2n) is 12.7. The second-order valence-corrected chi connectivity index (χ2v) is 13.4. The first-order valence-corrected chi connectivity index (χ1v) is 15.1. The molecule has 1 N–H and O–H groups in total. The summed E-state index contributed by atoms with van der Waals surface area (Å²) in [6.07, 6.45) is 12.0. The minimum absolute atomic E-state index is 0.00686. The number of carbonyl (C=O) groups is 2. The van der Waals surface area contributed by atoms with Crippen molar-refractivity contribution in [2.75, 3.05) is 13.1 Å². The molecule has 0 aliphatic carbocycles. The van der Waals surface area contributed by atoms with Crippen LogP contribution in [0.5, 0.6) is 0 Å². The van der Waals surface area contributed by atoms with Crippen LogP contribution in [0.3, 0.4) is 0 Å². The van der Waals surface area contributed by atoms with Crippen molar-refractivity contribution in [3.05, 3.63) is 70.8 Å². The van der Waals surface area contributed by atoms with Gasteiger partial charge in [-0.2, -0.15) is 0 Å². The molecule has 2 aliphatic heterocycles. The molecule has 2 rings (SSSR count). The number of rotatable bonds is 12. The third-order valence-electron chi connectivity index (χ3n) is 8.24. The normalized spacial score (nSPS) is 19.9. The fraction of sp³-hybridized carbons (Fsp3) is 0.545. The summed E-state index contributed by atoms with van der Waals surface area (Å²) in [5.74, 6) is -1.31. The Morgan fingerprint density at radius 2 is 1.76 bits per heavy atom. The predicted molar refractivity (Wildman–Crippen MR) is 172 cm³/mol. The lowest BCUT2D eigenvalue weighted by molar-refractivity contribution is -0.133. The zero-order chi connectivity index (χ0) is 31.2. The Balaban J connectivity index is 2.69. The van der Waals surface area contributed by atoms with E-state index in [1.54, 1.807) is 24.3 Å². The molecule has 41 heavy (non-hydrogen) atoms. The van der Waals surface area contributed by atoms with Gasteiger partial charge in [0.05, 0.1) is 11.6 Å². The number of amides is 1. The van der Waals surface area contributed by atoms with Crippen LogP contribution in [0, 0.1) is 5.41 Å². The van der Waals surface area contributed by atoms with Gasteiger partial charge in [0.15, 0.2) is 0 Å². The molecule has 2 aliphatic rings.